The fourth-order valence-corrected chi connectivity index (χ4v) is 6.77. The molecule has 8 nitrogen and oxygen atoms in total. The lowest BCUT2D eigenvalue weighted by atomic mass is 10.1. The number of carbonyl (C=O) groups excluding carboxylic acids is 2. The molecule has 0 spiro atoms. The average molecular weight is 529 g/mol. The number of rotatable bonds is 6. The lowest BCUT2D eigenvalue weighted by molar-refractivity contribution is -0.117. The van der Waals surface area contributed by atoms with Crippen molar-refractivity contribution < 1.29 is 18.0 Å². The van der Waals surface area contributed by atoms with Crippen molar-refractivity contribution in [3.8, 4) is 21.0 Å². The molecule has 1 aliphatic heterocycles. The molecule has 1 saturated heterocycles. The summed E-state index contributed by atoms with van der Waals surface area (Å²) in [6.45, 7) is 10.0. The molecule has 2 N–H and O–H groups in total. The Morgan fingerprint density at radius 2 is 1.83 bits per heavy atom. The molecule has 4 rings (SSSR count). The molecular formula is C26H32N4O4S2. The van der Waals surface area contributed by atoms with Crippen LogP contribution in [0.1, 0.15) is 39.2 Å². The monoisotopic (exact) mass is 528 g/mol. The molecular weight excluding hydrogens is 496 g/mol. The van der Waals surface area contributed by atoms with Crippen LogP contribution in [-0.4, -0.2) is 45.2 Å². The fourth-order valence-electron chi connectivity index (χ4n) is 4.09. The third-order valence-corrected chi connectivity index (χ3v) is 8.47. The molecule has 1 fully saturated rings. The molecule has 1 aliphatic rings. The van der Waals surface area contributed by atoms with Gasteiger partial charge >= 0.3 is 0 Å². The van der Waals surface area contributed by atoms with Gasteiger partial charge in [-0.15, -0.1) is 11.3 Å². The number of carbonyl (C=O) groups is 2. The number of aryl methyl sites for hydroxylation is 1. The van der Waals surface area contributed by atoms with E-state index < -0.39 is 15.6 Å². The van der Waals surface area contributed by atoms with Crippen LogP contribution in [0.3, 0.4) is 0 Å². The number of anilines is 2. The standard InChI is InChI=1S/C25H30N4O3S2.CH2O/c1-16-13-17(8-11-20(16)26-5)24-27-15-21(33-24)19-10-9-18(29-12-6-7-23(29)30)14-22(19)34(31,32)28-25(2,3)4;1-2/h8-11,13-15,26,28H,6-7,12H2,1-5H3;1H2. The number of nitrogens with zero attached hydrogens (tertiary/aromatic N) is 2. The molecule has 2 heterocycles. The van der Waals surface area contributed by atoms with E-state index in [1.165, 1.54) is 11.3 Å². The maximum Gasteiger partial charge on any atom is 0.241 e. The highest BCUT2D eigenvalue weighted by Crippen LogP contribution is 2.38. The van der Waals surface area contributed by atoms with E-state index in [4.69, 9.17) is 4.79 Å². The Morgan fingerprint density at radius 3 is 2.42 bits per heavy atom. The van der Waals surface area contributed by atoms with Crippen molar-refractivity contribution in [1.82, 2.24) is 9.71 Å². The molecule has 0 atom stereocenters. The summed E-state index contributed by atoms with van der Waals surface area (Å²) >= 11 is 1.44. The van der Waals surface area contributed by atoms with Crippen molar-refractivity contribution in [2.75, 3.05) is 23.8 Å². The number of benzene rings is 2. The molecule has 0 saturated carbocycles. The molecule has 1 aromatic heterocycles. The Hall–Kier alpha value is -3.08. The Morgan fingerprint density at radius 1 is 1.11 bits per heavy atom. The topological polar surface area (TPSA) is 108 Å². The van der Waals surface area contributed by atoms with Gasteiger partial charge in [-0.3, -0.25) is 4.79 Å². The van der Waals surface area contributed by atoms with Gasteiger partial charge in [-0.2, -0.15) is 0 Å². The zero-order valence-electron chi connectivity index (χ0n) is 21.2. The number of hydrogen-bond donors (Lipinski definition) is 2. The van der Waals surface area contributed by atoms with E-state index in [0.29, 0.717) is 24.2 Å². The third-order valence-electron chi connectivity index (χ3n) is 5.59. The van der Waals surface area contributed by atoms with Crippen LogP contribution in [0.5, 0.6) is 0 Å². The normalized spacial score (nSPS) is 13.9. The molecule has 0 unspecified atom stereocenters. The first-order chi connectivity index (χ1) is 17.0. The minimum atomic E-state index is -3.85. The van der Waals surface area contributed by atoms with E-state index in [0.717, 1.165) is 33.1 Å². The average Bonchev–Trinajstić information content (AvgIpc) is 3.48. The van der Waals surface area contributed by atoms with E-state index in [2.05, 4.69) is 21.1 Å². The van der Waals surface area contributed by atoms with Crippen molar-refractivity contribution in [1.29, 1.82) is 0 Å². The maximum absolute atomic E-state index is 13.4. The zero-order valence-corrected chi connectivity index (χ0v) is 22.8. The van der Waals surface area contributed by atoms with E-state index in [1.807, 2.05) is 39.0 Å². The summed E-state index contributed by atoms with van der Waals surface area (Å²) in [6.07, 6.45) is 2.97. The van der Waals surface area contributed by atoms with Gasteiger partial charge in [0.25, 0.3) is 0 Å². The molecule has 0 bridgehead atoms. The van der Waals surface area contributed by atoms with Gasteiger partial charge in [0.05, 0.1) is 9.77 Å². The number of sulfonamides is 1. The van der Waals surface area contributed by atoms with Gasteiger partial charge in [0.2, 0.25) is 15.9 Å². The Bertz CT molecular complexity index is 1360. The third kappa shape index (κ3) is 6.00. The first-order valence-electron chi connectivity index (χ1n) is 11.5. The highest BCUT2D eigenvalue weighted by molar-refractivity contribution is 7.89. The largest absolute Gasteiger partial charge is 0.388 e. The van der Waals surface area contributed by atoms with Crippen molar-refractivity contribution >= 4 is 45.4 Å². The number of hydrogen-bond acceptors (Lipinski definition) is 7. The molecule has 3 aromatic rings. The fraction of sp³-hybridized carbons (Fsp3) is 0.346. The molecule has 192 valence electrons. The second kappa shape index (κ2) is 10.9. The smallest absolute Gasteiger partial charge is 0.241 e. The van der Waals surface area contributed by atoms with Crippen LogP contribution in [0.15, 0.2) is 47.5 Å². The minimum absolute atomic E-state index is 0.0142. The van der Waals surface area contributed by atoms with E-state index in [-0.39, 0.29) is 10.8 Å². The molecule has 0 aliphatic carbocycles. The van der Waals surface area contributed by atoms with Crippen molar-refractivity contribution in [2.24, 2.45) is 0 Å². The van der Waals surface area contributed by atoms with E-state index >= 15 is 0 Å². The SMILES string of the molecule is C=O.CNc1ccc(-c2ncc(-c3ccc(N4CCCC4=O)cc3S(=O)(=O)NC(C)(C)C)s2)cc1C. The van der Waals surface area contributed by atoms with Crippen LogP contribution in [0.25, 0.3) is 21.0 Å². The highest BCUT2D eigenvalue weighted by Gasteiger charge is 2.29. The van der Waals surface area contributed by atoms with Gasteiger partial charge in [0, 0.05) is 54.3 Å². The summed E-state index contributed by atoms with van der Waals surface area (Å²) < 4.78 is 29.6. The second-order valence-electron chi connectivity index (χ2n) is 9.49. The van der Waals surface area contributed by atoms with Crippen LogP contribution >= 0.6 is 11.3 Å². The zero-order chi connectivity index (χ0) is 26.7. The summed E-state index contributed by atoms with van der Waals surface area (Å²) in [5.41, 5.74) is 3.65. The second-order valence-corrected chi connectivity index (χ2v) is 12.2. The lowest BCUT2D eigenvalue weighted by Gasteiger charge is -2.23. The van der Waals surface area contributed by atoms with Crippen LogP contribution in [0, 0.1) is 6.92 Å². The lowest BCUT2D eigenvalue weighted by Crippen LogP contribution is -2.40. The quantitative estimate of drug-likeness (QED) is 0.474. The van der Waals surface area contributed by atoms with Gasteiger partial charge in [0.1, 0.15) is 11.8 Å². The predicted octanol–water partition coefficient (Wildman–Crippen LogP) is 4.85. The summed E-state index contributed by atoms with van der Waals surface area (Å²) in [5, 5.41) is 3.97. The van der Waals surface area contributed by atoms with Gasteiger partial charge < -0.3 is 15.0 Å². The predicted molar refractivity (Wildman–Crippen MR) is 146 cm³/mol. The first kappa shape index (κ1) is 27.5. The van der Waals surface area contributed by atoms with Gasteiger partial charge in [-0.1, -0.05) is 6.07 Å². The van der Waals surface area contributed by atoms with Crippen LogP contribution in [-0.2, 0) is 19.6 Å². The summed E-state index contributed by atoms with van der Waals surface area (Å²) in [7, 11) is -1.97. The number of aromatic nitrogens is 1. The van der Waals surface area contributed by atoms with Crippen LogP contribution in [0.2, 0.25) is 0 Å². The number of amides is 1. The number of thiazole rings is 1. The first-order valence-corrected chi connectivity index (χ1v) is 13.8. The van der Waals surface area contributed by atoms with Crippen molar-refractivity contribution in [3.05, 3.63) is 48.2 Å². The summed E-state index contributed by atoms with van der Waals surface area (Å²) in [5.74, 6) is 0.0142. The highest BCUT2D eigenvalue weighted by atomic mass is 32.2. The summed E-state index contributed by atoms with van der Waals surface area (Å²) in [6, 6.07) is 11.3. The van der Waals surface area contributed by atoms with Crippen LogP contribution < -0.4 is 14.9 Å². The van der Waals surface area contributed by atoms with Gasteiger partial charge in [-0.25, -0.2) is 18.1 Å². The number of nitrogens with one attached hydrogen (secondary N) is 2. The van der Waals surface area contributed by atoms with Crippen molar-refractivity contribution in [2.45, 2.75) is 51.0 Å². The molecule has 1 amide bonds. The Kier molecular flexibility index (Phi) is 8.33. The molecule has 2 aromatic carbocycles. The minimum Gasteiger partial charge on any atom is -0.388 e. The van der Waals surface area contributed by atoms with Gasteiger partial charge in [0.15, 0.2) is 0 Å². The molecule has 10 heteroatoms. The van der Waals surface area contributed by atoms with Crippen molar-refractivity contribution in [3.63, 3.8) is 0 Å². The van der Waals surface area contributed by atoms with Crippen LogP contribution in [0.4, 0.5) is 11.4 Å². The van der Waals surface area contributed by atoms with E-state index in [1.54, 1.807) is 44.0 Å². The Balaban J connectivity index is 0.00000176. The Labute approximate surface area is 216 Å². The molecule has 36 heavy (non-hydrogen) atoms. The van der Waals surface area contributed by atoms with E-state index in [9.17, 15) is 13.2 Å². The maximum atomic E-state index is 13.4. The van der Waals surface area contributed by atoms with Gasteiger partial charge in [-0.05, 0) is 70.0 Å². The molecule has 0 radical (unpaired) electrons. The summed E-state index contributed by atoms with van der Waals surface area (Å²) in [4.78, 5) is 27.4.